The van der Waals surface area contributed by atoms with E-state index in [1.807, 2.05) is 39.0 Å². The lowest BCUT2D eigenvalue weighted by Gasteiger charge is -2.21. The minimum Gasteiger partial charge on any atom is -0.369 e. The highest BCUT2D eigenvalue weighted by molar-refractivity contribution is 5.85. The van der Waals surface area contributed by atoms with Crippen molar-refractivity contribution < 1.29 is 4.79 Å². The van der Waals surface area contributed by atoms with Crippen LogP contribution < -0.4 is 11.5 Å². The molecule has 0 aliphatic carbocycles. The summed E-state index contributed by atoms with van der Waals surface area (Å²) in [5.41, 5.74) is 14.1. The van der Waals surface area contributed by atoms with Crippen LogP contribution >= 0.6 is 0 Å². The summed E-state index contributed by atoms with van der Waals surface area (Å²) in [6.07, 6.45) is 0. The lowest BCUT2D eigenvalue weighted by molar-refractivity contribution is -0.122. The van der Waals surface area contributed by atoms with E-state index in [0.717, 1.165) is 16.6 Å². The normalized spacial score (nSPS) is 13.1. The van der Waals surface area contributed by atoms with E-state index in [-0.39, 0.29) is 5.92 Å². The first kappa shape index (κ1) is 12.4. The van der Waals surface area contributed by atoms with Gasteiger partial charge in [-0.3, -0.25) is 9.36 Å². The van der Waals surface area contributed by atoms with Gasteiger partial charge in [-0.15, -0.1) is 0 Å². The maximum absolute atomic E-state index is 11.6. The van der Waals surface area contributed by atoms with Gasteiger partial charge in [0.1, 0.15) is 6.04 Å². The summed E-state index contributed by atoms with van der Waals surface area (Å²) in [5, 5.41) is 0. The van der Waals surface area contributed by atoms with E-state index in [9.17, 15) is 4.79 Å². The summed E-state index contributed by atoms with van der Waals surface area (Å²) in [4.78, 5) is 15.9. The zero-order valence-corrected chi connectivity index (χ0v) is 10.8. The van der Waals surface area contributed by atoms with E-state index in [2.05, 4.69) is 4.98 Å². The second kappa shape index (κ2) is 4.33. The van der Waals surface area contributed by atoms with Gasteiger partial charge < -0.3 is 11.5 Å². The second-order valence-corrected chi connectivity index (χ2v) is 4.92. The molecule has 1 amide bonds. The molecule has 0 fully saturated rings. The summed E-state index contributed by atoms with van der Waals surface area (Å²) in [7, 11) is 0. The summed E-state index contributed by atoms with van der Waals surface area (Å²) >= 11 is 0. The molecule has 1 atom stereocenters. The average molecular weight is 246 g/mol. The predicted octanol–water partition coefficient (Wildman–Crippen LogP) is 1.61. The van der Waals surface area contributed by atoms with Crippen molar-refractivity contribution in [2.45, 2.75) is 26.8 Å². The monoisotopic (exact) mass is 246 g/mol. The second-order valence-electron chi connectivity index (χ2n) is 4.92. The fourth-order valence-electron chi connectivity index (χ4n) is 2.27. The highest BCUT2D eigenvalue weighted by Gasteiger charge is 2.25. The van der Waals surface area contributed by atoms with E-state index in [1.54, 1.807) is 4.57 Å². The van der Waals surface area contributed by atoms with Crippen LogP contribution in [0.1, 0.15) is 25.5 Å². The molecule has 0 saturated carbocycles. The maximum atomic E-state index is 11.6. The van der Waals surface area contributed by atoms with Crippen LogP contribution in [0.15, 0.2) is 18.2 Å². The van der Waals surface area contributed by atoms with Gasteiger partial charge in [0.05, 0.1) is 11.0 Å². The van der Waals surface area contributed by atoms with E-state index >= 15 is 0 Å². The van der Waals surface area contributed by atoms with Gasteiger partial charge in [0.25, 0.3) is 0 Å². The number of primary amides is 1. The number of hydrogen-bond donors (Lipinski definition) is 2. The first-order valence-electron chi connectivity index (χ1n) is 5.95. The lowest BCUT2D eigenvalue weighted by atomic mass is 10.0. The molecule has 96 valence electrons. The quantitative estimate of drug-likeness (QED) is 0.862. The molecule has 1 aromatic carbocycles. The van der Waals surface area contributed by atoms with Crippen LogP contribution in [-0.4, -0.2) is 15.5 Å². The number of nitrogen functional groups attached to an aromatic ring is 1. The smallest absolute Gasteiger partial charge is 0.240 e. The summed E-state index contributed by atoms with van der Waals surface area (Å²) in [6, 6.07) is 5.36. The molecule has 0 aliphatic heterocycles. The highest BCUT2D eigenvalue weighted by Crippen LogP contribution is 2.27. The van der Waals surface area contributed by atoms with E-state index < -0.39 is 11.9 Å². The molecule has 1 heterocycles. The third kappa shape index (κ3) is 1.92. The standard InChI is InChI=1S/C13H18N4O/c1-7(2)11(12(14)18)17-10-6-8(3)4-5-9(10)16-13(17)15/h4-7,11H,1-3H3,(H2,14,18)(H2,15,16). The van der Waals surface area contributed by atoms with Crippen molar-refractivity contribution in [1.29, 1.82) is 0 Å². The minimum absolute atomic E-state index is 0.0581. The van der Waals surface area contributed by atoms with Crippen molar-refractivity contribution in [3.63, 3.8) is 0 Å². The number of nitrogens with two attached hydrogens (primary N) is 2. The fourth-order valence-corrected chi connectivity index (χ4v) is 2.27. The van der Waals surface area contributed by atoms with Crippen LogP contribution in [0.4, 0.5) is 5.95 Å². The number of aryl methyl sites for hydroxylation is 1. The third-order valence-electron chi connectivity index (χ3n) is 3.07. The van der Waals surface area contributed by atoms with Gasteiger partial charge in [-0.1, -0.05) is 19.9 Å². The van der Waals surface area contributed by atoms with Gasteiger partial charge in [0, 0.05) is 0 Å². The number of carbonyl (C=O) groups excluding carboxylic acids is 1. The Morgan fingerprint density at radius 2 is 2.06 bits per heavy atom. The Balaban J connectivity index is 2.72. The number of benzene rings is 1. The van der Waals surface area contributed by atoms with E-state index in [1.165, 1.54) is 0 Å². The van der Waals surface area contributed by atoms with Crippen molar-refractivity contribution in [2.24, 2.45) is 11.7 Å². The van der Waals surface area contributed by atoms with Crippen LogP contribution in [0.25, 0.3) is 11.0 Å². The fraction of sp³-hybridized carbons (Fsp3) is 0.385. The van der Waals surface area contributed by atoms with Crippen molar-refractivity contribution in [2.75, 3.05) is 5.73 Å². The zero-order chi connectivity index (χ0) is 13.4. The summed E-state index contributed by atoms with van der Waals surface area (Å²) in [6.45, 7) is 5.87. The zero-order valence-electron chi connectivity index (χ0n) is 10.8. The first-order valence-corrected chi connectivity index (χ1v) is 5.95. The van der Waals surface area contributed by atoms with Gasteiger partial charge in [0.15, 0.2) is 0 Å². The Hall–Kier alpha value is -2.04. The number of anilines is 1. The highest BCUT2D eigenvalue weighted by atomic mass is 16.1. The largest absolute Gasteiger partial charge is 0.369 e. The Bertz CT molecular complexity index is 600. The number of aromatic nitrogens is 2. The number of fused-ring (bicyclic) bond motifs is 1. The predicted molar refractivity (Wildman–Crippen MR) is 72.0 cm³/mol. The molecule has 2 aromatic rings. The van der Waals surface area contributed by atoms with Gasteiger partial charge >= 0.3 is 0 Å². The molecular weight excluding hydrogens is 228 g/mol. The summed E-state index contributed by atoms with van der Waals surface area (Å²) < 4.78 is 1.73. The molecule has 0 spiro atoms. The number of hydrogen-bond acceptors (Lipinski definition) is 3. The van der Waals surface area contributed by atoms with Gasteiger partial charge in [-0.25, -0.2) is 4.98 Å². The van der Waals surface area contributed by atoms with Crippen molar-refractivity contribution >= 4 is 22.9 Å². The van der Waals surface area contributed by atoms with Gasteiger partial charge in [0.2, 0.25) is 11.9 Å². The Morgan fingerprint density at radius 1 is 1.39 bits per heavy atom. The molecule has 18 heavy (non-hydrogen) atoms. The van der Waals surface area contributed by atoms with E-state index in [4.69, 9.17) is 11.5 Å². The number of rotatable bonds is 3. The molecule has 2 rings (SSSR count). The van der Waals surface area contributed by atoms with Crippen LogP contribution in [0, 0.1) is 12.8 Å². The number of nitrogens with zero attached hydrogens (tertiary/aromatic N) is 2. The van der Waals surface area contributed by atoms with Crippen molar-refractivity contribution in [3.05, 3.63) is 23.8 Å². The number of carbonyl (C=O) groups is 1. The number of amides is 1. The molecule has 5 heteroatoms. The molecule has 0 bridgehead atoms. The maximum Gasteiger partial charge on any atom is 0.240 e. The minimum atomic E-state index is -0.475. The van der Waals surface area contributed by atoms with Gasteiger partial charge in [-0.05, 0) is 30.5 Å². The van der Waals surface area contributed by atoms with Crippen LogP contribution in [-0.2, 0) is 4.79 Å². The first-order chi connectivity index (χ1) is 8.41. The van der Waals surface area contributed by atoms with Crippen molar-refractivity contribution in [1.82, 2.24) is 9.55 Å². The molecule has 1 aromatic heterocycles. The van der Waals surface area contributed by atoms with Crippen LogP contribution in [0.5, 0.6) is 0 Å². The third-order valence-corrected chi connectivity index (χ3v) is 3.07. The average Bonchev–Trinajstić information content (AvgIpc) is 2.55. The molecule has 4 N–H and O–H groups in total. The number of imidazole rings is 1. The Labute approximate surface area is 106 Å². The lowest BCUT2D eigenvalue weighted by Crippen LogP contribution is -2.31. The molecule has 1 unspecified atom stereocenters. The molecule has 5 nitrogen and oxygen atoms in total. The molecule has 0 aliphatic rings. The molecule has 0 radical (unpaired) electrons. The molecule has 0 saturated heterocycles. The Kier molecular flexibility index (Phi) is 2.98. The van der Waals surface area contributed by atoms with Gasteiger partial charge in [-0.2, -0.15) is 0 Å². The van der Waals surface area contributed by atoms with Crippen LogP contribution in [0.3, 0.4) is 0 Å². The summed E-state index contributed by atoms with van der Waals surface area (Å²) in [5.74, 6) is -0.00619. The SMILES string of the molecule is Cc1ccc2nc(N)n(C(C(N)=O)C(C)C)c2c1. The topological polar surface area (TPSA) is 86.9 Å². The van der Waals surface area contributed by atoms with Crippen LogP contribution in [0.2, 0.25) is 0 Å². The van der Waals surface area contributed by atoms with Crippen molar-refractivity contribution in [3.8, 4) is 0 Å². The Morgan fingerprint density at radius 3 is 2.61 bits per heavy atom. The molecular formula is C13H18N4O. The van der Waals surface area contributed by atoms with E-state index in [0.29, 0.717) is 5.95 Å².